The van der Waals surface area contributed by atoms with Crippen LogP contribution >= 0.6 is 15.9 Å². The molecule has 0 aliphatic rings. The van der Waals surface area contributed by atoms with Gasteiger partial charge in [-0.1, -0.05) is 15.9 Å². The predicted molar refractivity (Wildman–Crippen MR) is 75.9 cm³/mol. The molecule has 0 heterocycles. The number of nitro groups is 1. The molecule has 104 valence electrons. The molecule has 0 fully saturated rings. The Morgan fingerprint density at radius 3 is 2.65 bits per heavy atom. The summed E-state index contributed by atoms with van der Waals surface area (Å²) < 4.78 is 19.1. The Balaban J connectivity index is 2.11. The Morgan fingerprint density at radius 2 is 2.05 bits per heavy atom. The minimum absolute atomic E-state index is 0.0662. The second-order valence-electron chi connectivity index (χ2n) is 4.04. The minimum Gasteiger partial charge on any atom is -0.489 e. The zero-order valence-electron chi connectivity index (χ0n) is 10.2. The van der Waals surface area contributed by atoms with Gasteiger partial charge in [0.05, 0.1) is 4.92 Å². The number of rotatable bonds is 4. The fourth-order valence-corrected chi connectivity index (χ4v) is 2.08. The molecule has 0 saturated carbocycles. The summed E-state index contributed by atoms with van der Waals surface area (Å²) in [4.78, 5) is 10.1. The number of ether oxygens (including phenoxy) is 1. The average molecular weight is 341 g/mol. The van der Waals surface area contributed by atoms with Crippen LogP contribution in [0.25, 0.3) is 0 Å². The number of hydrogen-bond donors (Lipinski definition) is 1. The van der Waals surface area contributed by atoms with Crippen molar-refractivity contribution in [1.82, 2.24) is 0 Å². The van der Waals surface area contributed by atoms with Gasteiger partial charge in [-0.15, -0.1) is 0 Å². The molecule has 0 unspecified atom stereocenters. The molecular formula is C13H10BrFN2O3. The maximum Gasteiger partial charge on any atom is 0.292 e. The van der Waals surface area contributed by atoms with Gasteiger partial charge in [0.1, 0.15) is 23.9 Å². The van der Waals surface area contributed by atoms with Gasteiger partial charge in [0, 0.05) is 16.6 Å². The van der Waals surface area contributed by atoms with Gasteiger partial charge in [0.25, 0.3) is 5.69 Å². The molecule has 2 rings (SSSR count). The highest BCUT2D eigenvalue weighted by atomic mass is 79.9. The van der Waals surface area contributed by atoms with E-state index in [1.165, 1.54) is 24.3 Å². The monoisotopic (exact) mass is 340 g/mol. The van der Waals surface area contributed by atoms with Crippen LogP contribution in [0.3, 0.4) is 0 Å². The van der Waals surface area contributed by atoms with Gasteiger partial charge in [-0.25, -0.2) is 4.39 Å². The zero-order chi connectivity index (χ0) is 14.7. The quantitative estimate of drug-likeness (QED) is 0.523. The van der Waals surface area contributed by atoms with Crippen molar-refractivity contribution in [2.24, 2.45) is 0 Å². The molecule has 0 bridgehead atoms. The highest BCUT2D eigenvalue weighted by Crippen LogP contribution is 2.24. The van der Waals surface area contributed by atoms with Gasteiger partial charge >= 0.3 is 0 Å². The SMILES string of the molecule is Nc1cc(COc2cc(F)cc(Br)c2)ccc1[N+](=O)[O-]. The number of halogens is 2. The van der Waals surface area contributed by atoms with Crippen molar-refractivity contribution in [1.29, 1.82) is 0 Å². The van der Waals surface area contributed by atoms with E-state index in [2.05, 4.69) is 15.9 Å². The molecule has 2 aromatic carbocycles. The summed E-state index contributed by atoms with van der Waals surface area (Å²) >= 11 is 3.16. The number of nitro benzene ring substituents is 1. The van der Waals surface area contributed by atoms with Crippen LogP contribution in [0.4, 0.5) is 15.8 Å². The first kappa shape index (κ1) is 14.3. The number of anilines is 1. The highest BCUT2D eigenvalue weighted by Gasteiger charge is 2.11. The van der Waals surface area contributed by atoms with Crippen LogP contribution in [-0.4, -0.2) is 4.92 Å². The van der Waals surface area contributed by atoms with E-state index in [9.17, 15) is 14.5 Å². The van der Waals surface area contributed by atoms with Crippen molar-refractivity contribution < 1.29 is 14.1 Å². The molecule has 0 aliphatic heterocycles. The maximum absolute atomic E-state index is 13.2. The van der Waals surface area contributed by atoms with Gasteiger partial charge in [0.15, 0.2) is 0 Å². The molecule has 0 aromatic heterocycles. The standard InChI is InChI=1S/C13H10BrFN2O3/c14-9-4-10(15)6-11(5-9)20-7-8-1-2-13(17(18)19)12(16)3-8/h1-6H,7,16H2. The van der Waals surface area contributed by atoms with Crippen LogP contribution in [0.1, 0.15) is 5.56 Å². The second-order valence-corrected chi connectivity index (χ2v) is 4.96. The summed E-state index contributed by atoms with van der Waals surface area (Å²) in [5.41, 5.74) is 6.15. The van der Waals surface area contributed by atoms with Crippen LogP contribution < -0.4 is 10.5 Å². The van der Waals surface area contributed by atoms with E-state index < -0.39 is 10.7 Å². The van der Waals surface area contributed by atoms with Crippen molar-refractivity contribution in [2.45, 2.75) is 6.61 Å². The summed E-state index contributed by atoms with van der Waals surface area (Å²) in [5, 5.41) is 10.6. The minimum atomic E-state index is -0.552. The van der Waals surface area contributed by atoms with Gasteiger partial charge in [-0.3, -0.25) is 10.1 Å². The van der Waals surface area contributed by atoms with Crippen molar-refractivity contribution in [3.63, 3.8) is 0 Å². The number of hydrogen-bond acceptors (Lipinski definition) is 4. The fourth-order valence-electron chi connectivity index (χ4n) is 1.64. The van der Waals surface area contributed by atoms with Crippen LogP contribution in [-0.2, 0) is 6.61 Å². The fraction of sp³-hybridized carbons (Fsp3) is 0.0769. The van der Waals surface area contributed by atoms with Crippen LogP contribution in [0.15, 0.2) is 40.9 Å². The molecule has 7 heteroatoms. The molecule has 0 saturated heterocycles. The first-order chi connectivity index (χ1) is 9.45. The Morgan fingerprint density at radius 1 is 1.30 bits per heavy atom. The van der Waals surface area contributed by atoms with Gasteiger partial charge < -0.3 is 10.5 Å². The number of nitrogens with two attached hydrogens (primary N) is 1. The zero-order valence-corrected chi connectivity index (χ0v) is 11.8. The van der Waals surface area contributed by atoms with E-state index in [4.69, 9.17) is 10.5 Å². The molecular weight excluding hydrogens is 331 g/mol. The largest absolute Gasteiger partial charge is 0.489 e. The second kappa shape index (κ2) is 5.87. The predicted octanol–water partition coefficient (Wildman–Crippen LogP) is 3.66. The topological polar surface area (TPSA) is 78.4 Å². The van der Waals surface area contributed by atoms with E-state index in [1.54, 1.807) is 12.1 Å². The summed E-state index contributed by atoms with van der Waals surface area (Å²) in [6, 6.07) is 8.51. The smallest absolute Gasteiger partial charge is 0.292 e. The summed E-state index contributed by atoms with van der Waals surface area (Å²) in [7, 11) is 0. The van der Waals surface area contributed by atoms with E-state index in [0.29, 0.717) is 15.8 Å². The number of nitrogens with zero attached hydrogens (tertiary/aromatic N) is 1. The molecule has 20 heavy (non-hydrogen) atoms. The molecule has 0 spiro atoms. The first-order valence-corrected chi connectivity index (χ1v) is 6.36. The van der Waals surface area contributed by atoms with Gasteiger partial charge in [0.2, 0.25) is 0 Å². The van der Waals surface area contributed by atoms with Crippen molar-refractivity contribution in [2.75, 3.05) is 5.73 Å². The van der Waals surface area contributed by atoms with Crippen LogP contribution in [0.5, 0.6) is 5.75 Å². The summed E-state index contributed by atoms with van der Waals surface area (Å²) in [6.45, 7) is 0.137. The number of benzene rings is 2. The van der Waals surface area contributed by atoms with E-state index in [0.717, 1.165) is 0 Å². The lowest BCUT2D eigenvalue weighted by Gasteiger charge is -2.07. The molecule has 5 nitrogen and oxygen atoms in total. The normalized spacial score (nSPS) is 10.3. The van der Waals surface area contributed by atoms with E-state index in [1.807, 2.05) is 0 Å². The Bertz CT molecular complexity index is 644. The van der Waals surface area contributed by atoms with E-state index in [-0.39, 0.29) is 18.0 Å². The van der Waals surface area contributed by atoms with Crippen molar-refractivity contribution in [3.8, 4) is 5.75 Å². The Hall–Kier alpha value is -2.15. The average Bonchev–Trinajstić information content (AvgIpc) is 2.35. The van der Waals surface area contributed by atoms with Gasteiger partial charge in [-0.05, 0) is 29.8 Å². The lowest BCUT2D eigenvalue weighted by atomic mass is 10.2. The van der Waals surface area contributed by atoms with Crippen LogP contribution in [0.2, 0.25) is 0 Å². The van der Waals surface area contributed by atoms with Crippen molar-refractivity contribution in [3.05, 3.63) is 62.4 Å². The highest BCUT2D eigenvalue weighted by molar-refractivity contribution is 9.10. The van der Waals surface area contributed by atoms with Crippen LogP contribution in [0, 0.1) is 15.9 Å². The lowest BCUT2D eigenvalue weighted by Crippen LogP contribution is -2.00. The lowest BCUT2D eigenvalue weighted by molar-refractivity contribution is -0.383. The molecule has 0 aliphatic carbocycles. The van der Waals surface area contributed by atoms with Crippen molar-refractivity contribution >= 4 is 27.3 Å². The Labute approximate surface area is 122 Å². The molecule has 0 amide bonds. The third-order valence-electron chi connectivity index (χ3n) is 2.53. The summed E-state index contributed by atoms with van der Waals surface area (Å²) in [6.07, 6.45) is 0. The third kappa shape index (κ3) is 3.45. The summed E-state index contributed by atoms with van der Waals surface area (Å²) in [5.74, 6) is -0.0635. The van der Waals surface area contributed by atoms with Gasteiger partial charge in [-0.2, -0.15) is 0 Å². The molecule has 0 radical (unpaired) electrons. The Kier molecular flexibility index (Phi) is 4.19. The maximum atomic E-state index is 13.2. The molecule has 0 atom stereocenters. The third-order valence-corrected chi connectivity index (χ3v) is 2.99. The molecule has 2 aromatic rings. The first-order valence-electron chi connectivity index (χ1n) is 5.57. The molecule has 2 N–H and O–H groups in total. The number of nitrogen functional groups attached to an aromatic ring is 1. The van der Waals surface area contributed by atoms with E-state index >= 15 is 0 Å².